The first-order valence-corrected chi connectivity index (χ1v) is 12.3. The molecule has 4 fully saturated rings. The van der Waals surface area contributed by atoms with E-state index in [2.05, 4.69) is 11.4 Å². The minimum absolute atomic E-state index is 0.00210. The van der Waals surface area contributed by atoms with Gasteiger partial charge in [0.15, 0.2) is 0 Å². The van der Waals surface area contributed by atoms with E-state index in [1.165, 1.54) is 32.1 Å². The van der Waals surface area contributed by atoms with Gasteiger partial charge in [-0.1, -0.05) is 32.1 Å². The molecule has 4 aliphatic rings. The van der Waals surface area contributed by atoms with Crippen molar-refractivity contribution in [3.8, 4) is 6.07 Å². The van der Waals surface area contributed by atoms with Crippen LogP contribution >= 0.6 is 0 Å². The van der Waals surface area contributed by atoms with E-state index in [-0.39, 0.29) is 23.5 Å². The normalized spacial score (nSPS) is 33.4. The smallest absolute Gasteiger partial charge is 0.319 e. The van der Waals surface area contributed by atoms with Gasteiger partial charge < -0.3 is 20.0 Å². The number of urea groups is 1. The highest BCUT2D eigenvalue weighted by molar-refractivity contribution is 5.79. The van der Waals surface area contributed by atoms with Crippen LogP contribution in [-0.2, 0) is 4.79 Å². The lowest BCUT2D eigenvalue weighted by Crippen LogP contribution is -2.51. The van der Waals surface area contributed by atoms with Gasteiger partial charge in [-0.2, -0.15) is 5.26 Å². The van der Waals surface area contributed by atoms with E-state index in [9.17, 15) is 14.9 Å². The van der Waals surface area contributed by atoms with Gasteiger partial charge in [-0.25, -0.2) is 4.79 Å². The Morgan fingerprint density at radius 3 is 2.35 bits per heavy atom. The molecule has 0 radical (unpaired) electrons. The first-order valence-electron chi connectivity index (χ1n) is 12.3. The number of carbonyl (C=O) groups is 2. The predicted octanol–water partition coefficient (Wildman–Crippen LogP) is 2.82. The molecule has 0 unspecified atom stereocenters. The van der Waals surface area contributed by atoms with E-state index < -0.39 is 0 Å². The van der Waals surface area contributed by atoms with Gasteiger partial charge in [0, 0.05) is 39.3 Å². The monoisotopic (exact) mass is 429 g/mol. The van der Waals surface area contributed by atoms with Gasteiger partial charge in [-0.15, -0.1) is 0 Å². The lowest BCUT2D eigenvalue weighted by Gasteiger charge is -2.38. The molecular weight excluding hydrogens is 390 g/mol. The molecule has 0 aromatic rings. The molecule has 7 heteroatoms. The number of carbonyl (C=O) groups excluding carboxylic acids is 2. The Bertz CT molecular complexity index is 697. The molecule has 1 N–H and O–H groups in total. The average Bonchev–Trinajstić information content (AvgIpc) is 3.46. The molecule has 2 aliphatic carbocycles. The minimum atomic E-state index is -0.253. The number of hydrogen-bond donors (Lipinski definition) is 1. The topological polar surface area (TPSA) is 79.7 Å². The summed E-state index contributed by atoms with van der Waals surface area (Å²) in [6, 6.07) is 2.16. The third-order valence-electron chi connectivity index (χ3n) is 8.28. The summed E-state index contributed by atoms with van der Waals surface area (Å²) in [4.78, 5) is 30.8. The summed E-state index contributed by atoms with van der Waals surface area (Å²) in [5.41, 5.74) is 0.00210. The molecule has 2 saturated carbocycles. The highest BCUT2D eigenvalue weighted by Gasteiger charge is 2.50. The fourth-order valence-electron chi connectivity index (χ4n) is 6.82. The third kappa shape index (κ3) is 4.84. The van der Waals surface area contributed by atoms with Crippen LogP contribution < -0.4 is 5.32 Å². The number of amides is 3. The highest BCUT2D eigenvalue weighted by atomic mass is 16.2. The number of fused-ring (bicyclic) bond motifs is 1. The van der Waals surface area contributed by atoms with Crippen LogP contribution in [0.5, 0.6) is 0 Å². The fraction of sp³-hybridized carbons (Fsp3) is 0.875. The van der Waals surface area contributed by atoms with E-state index in [0.29, 0.717) is 24.9 Å². The maximum Gasteiger partial charge on any atom is 0.319 e. The van der Waals surface area contributed by atoms with Crippen molar-refractivity contribution in [2.75, 3.05) is 40.3 Å². The molecule has 7 nitrogen and oxygen atoms in total. The first-order chi connectivity index (χ1) is 14.9. The molecule has 0 spiro atoms. The Hall–Kier alpha value is -1.81. The van der Waals surface area contributed by atoms with Crippen molar-refractivity contribution in [2.45, 2.75) is 75.8 Å². The molecular formula is C24H39N5O2. The van der Waals surface area contributed by atoms with Crippen molar-refractivity contribution in [1.82, 2.24) is 20.0 Å². The maximum atomic E-state index is 12.9. The Morgan fingerprint density at radius 1 is 1.06 bits per heavy atom. The van der Waals surface area contributed by atoms with Crippen LogP contribution in [0.4, 0.5) is 4.79 Å². The van der Waals surface area contributed by atoms with Crippen LogP contribution in [0.1, 0.15) is 64.2 Å². The van der Waals surface area contributed by atoms with E-state index in [4.69, 9.17) is 0 Å². The van der Waals surface area contributed by atoms with Crippen molar-refractivity contribution in [2.24, 2.45) is 17.8 Å². The summed E-state index contributed by atoms with van der Waals surface area (Å²) in [5.74, 6) is 1.87. The Morgan fingerprint density at radius 2 is 1.74 bits per heavy atom. The van der Waals surface area contributed by atoms with Gasteiger partial charge in [0.05, 0.1) is 12.6 Å². The number of nitrogens with one attached hydrogen (secondary N) is 1. The van der Waals surface area contributed by atoms with Crippen molar-refractivity contribution in [3.63, 3.8) is 0 Å². The van der Waals surface area contributed by atoms with Crippen molar-refractivity contribution in [3.05, 3.63) is 0 Å². The molecule has 2 saturated heterocycles. The zero-order chi connectivity index (χ0) is 22.0. The van der Waals surface area contributed by atoms with Gasteiger partial charge >= 0.3 is 6.03 Å². The quantitative estimate of drug-likeness (QED) is 0.729. The SMILES string of the molecule is CN(C)C(=O)N1C[C@@H]2C[C@](CC3CCCCC3)(NCC(=O)N3CCC[C@H]3C#N)C[C@@H]2C1. The molecule has 2 heterocycles. The summed E-state index contributed by atoms with van der Waals surface area (Å²) in [6.45, 7) is 2.73. The average molecular weight is 430 g/mol. The van der Waals surface area contributed by atoms with Crippen molar-refractivity contribution in [1.29, 1.82) is 5.26 Å². The number of hydrogen-bond acceptors (Lipinski definition) is 4. The maximum absolute atomic E-state index is 12.9. The van der Waals surface area contributed by atoms with E-state index in [1.807, 2.05) is 19.0 Å². The lowest BCUT2D eigenvalue weighted by molar-refractivity contribution is -0.130. The molecule has 4 atom stereocenters. The Balaban J connectivity index is 1.41. The second-order valence-electron chi connectivity index (χ2n) is 10.7. The van der Waals surface area contributed by atoms with Gasteiger partial charge in [-0.3, -0.25) is 4.79 Å². The highest BCUT2D eigenvalue weighted by Crippen LogP contribution is 2.48. The summed E-state index contributed by atoms with van der Waals surface area (Å²) in [5, 5.41) is 13.1. The second kappa shape index (κ2) is 9.36. The molecule has 0 bridgehead atoms. The first kappa shape index (κ1) is 22.4. The van der Waals surface area contributed by atoms with E-state index in [1.54, 1.807) is 9.80 Å². The van der Waals surface area contributed by atoms with Crippen molar-refractivity contribution >= 4 is 11.9 Å². The van der Waals surface area contributed by atoms with Crippen LogP contribution in [0, 0.1) is 29.1 Å². The van der Waals surface area contributed by atoms with Gasteiger partial charge in [0.1, 0.15) is 6.04 Å². The lowest BCUT2D eigenvalue weighted by atomic mass is 9.77. The number of rotatable bonds is 5. The van der Waals surface area contributed by atoms with Crippen LogP contribution in [0.2, 0.25) is 0 Å². The van der Waals surface area contributed by atoms with Gasteiger partial charge in [0.2, 0.25) is 5.91 Å². The molecule has 3 amide bonds. The van der Waals surface area contributed by atoms with Crippen LogP contribution in [-0.4, -0.2) is 78.5 Å². The van der Waals surface area contributed by atoms with Crippen LogP contribution in [0.25, 0.3) is 0 Å². The molecule has 0 aromatic heterocycles. The summed E-state index contributed by atoms with van der Waals surface area (Å²) in [7, 11) is 3.65. The van der Waals surface area contributed by atoms with Crippen LogP contribution in [0.15, 0.2) is 0 Å². The molecule has 31 heavy (non-hydrogen) atoms. The van der Waals surface area contributed by atoms with E-state index >= 15 is 0 Å². The van der Waals surface area contributed by atoms with Crippen LogP contribution in [0.3, 0.4) is 0 Å². The predicted molar refractivity (Wildman–Crippen MR) is 119 cm³/mol. The molecule has 4 rings (SSSR count). The van der Waals surface area contributed by atoms with Gasteiger partial charge in [0.25, 0.3) is 0 Å². The second-order valence-corrected chi connectivity index (χ2v) is 10.7. The summed E-state index contributed by atoms with van der Waals surface area (Å²) >= 11 is 0. The third-order valence-corrected chi connectivity index (χ3v) is 8.28. The largest absolute Gasteiger partial charge is 0.331 e. The zero-order valence-corrected chi connectivity index (χ0v) is 19.3. The molecule has 2 aliphatic heterocycles. The minimum Gasteiger partial charge on any atom is -0.331 e. The van der Waals surface area contributed by atoms with E-state index in [0.717, 1.165) is 51.1 Å². The fourth-order valence-corrected chi connectivity index (χ4v) is 6.82. The molecule has 0 aromatic carbocycles. The molecule has 172 valence electrons. The Kier molecular flexibility index (Phi) is 6.76. The number of nitriles is 1. The summed E-state index contributed by atoms with van der Waals surface area (Å²) < 4.78 is 0. The van der Waals surface area contributed by atoms with Crippen molar-refractivity contribution < 1.29 is 9.59 Å². The Labute approximate surface area is 187 Å². The zero-order valence-electron chi connectivity index (χ0n) is 19.3. The number of nitrogens with zero attached hydrogens (tertiary/aromatic N) is 4. The summed E-state index contributed by atoms with van der Waals surface area (Å²) in [6.07, 6.45) is 11.6. The van der Waals surface area contributed by atoms with Gasteiger partial charge in [-0.05, 0) is 49.9 Å². The number of likely N-dealkylation sites (tertiary alicyclic amines) is 2. The standard InChI is InChI=1S/C24H39N5O2/c1-27(2)23(31)28-16-19-12-24(13-20(19)17-28,11-18-7-4-3-5-8-18)26-15-22(30)29-10-6-9-21(29)14-25/h18-21,26H,3-13,15-17H2,1-2H3/t19-,20+,21-,24-/m0/s1.